The fourth-order valence-electron chi connectivity index (χ4n) is 5.03. The molecule has 2 heterocycles. The summed E-state index contributed by atoms with van der Waals surface area (Å²) in [6.45, 7) is 0. The van der Waals surface area contributed by atoms with Gasteiger partial charge in [-0.25, -0.2) is 0 Å². The van der Waals surface area contributed by atoms with Gasteiger partial charge in [-0.2, -0.15) is 16.8 Å². The Morgan fingerprint density at radius 2 is 0.843 bits per heavy atom. The van der Waals surface area contributed by atoms with Crippen molar-refractivity contribution >= 4 is 55.7 Å². The number of carbonyl (C=O) groups excluding carboxylic acids is 6. The zero-order valence-corrected chi connectivity index (χ0v) is 27.3. The van der Waals surface area contributed by atoms with E-state index < -0.39 is 65.5 Å². The maximum absolute atomic E-state index is 13.1. The monoisotopic (exact) mass is 734 g/mol. The second kappa shape index (κ2) is 12.9. The summed E-state index contributed by atoms with van der Waals surface area (Å²) in [5.41, 5.74) is 10.2. The molecule has 0 radical (unpaired) electrons. The first-order valence-electron chi connectivity index (χ1n) is 14.4. The van der Waals surface area contributed by atoms with Crippen LogP contribution in [0.5, 0.6) is 11.5 Å². The molecule has 0 bridgehead atoms. The third-order valence-corrected chi connectivity index (χ3v) is 9.79. The molecule has 0 saturated carbocycles. The Kier molecular flexibility index (Phi) is 8.73. The number of carbonyl (C=O) groups is 6. The predicted octanol–water partition coefficient (Wildman–Crippen LogP) is 1.37. The van der Waals surface area contributed by atoms with E-state index in [0.717, 1.165) is 36.4 Å². The highest BCUT2D eigenvalue weighted by Crippen LogP contribution is 2.34. The second-order valence-electron chi connectivity index (χ2n) is 11.0. The summed E-state index contributed by atoms with van der Waals surface area (Å²) in [7, 11) is -9.35. The van der Waals surface area contributed by atoms with Gasteiger partial charge in [-0.1, -0.05) is 24.3 Å². The van der Waals surface area contributed by atoms with E-state index in [1.54, 1.807) is 0 Å². The summed E-state index contributed by atoms with van der Waals surface area (Å²) in [4.78, 5) is 73.4. The molecule has 2 aliphatic heterocycles. The van der Waals surface area contributed by atoms with Crippen molar-refractivity contribution in [3.8, 4) is 11.5 Å². The summed E-state index contributed by atoms with van der Waals surface area (Å²) in [5.74, 6) is -5.76. The summed E-state index contributed by atoms with van der Waals surface area (Å²) in [6, 6.07) is 16.9. The summed E-state index contributed by atoms with van der Waals surface area (Å²) in [6.07, 6.45) is -0.280. The Balaban J connectivity index is 1.15. The Morgan fingerprint density at radius 3 is 1.18 bits per heavy atom. The van der Waals surface area contributed by atoms with Gasteiger partial charge in [0.05, 0.1) is 44.9 Å². The van der Waals surface area contributed by atoms with Crippen molar-refractivity contribution in [1.82, 2.24) is 10.1 Å². The summed E-state index contributed by atoms with van der Waals surface area (Å²) in [5, 5.41) is 0.137. The minimum absolute atomic E-state index is 0.0446. The number of amides is 6. The molecule has 19 heteroatoms. The molecule has 4 aromatic rings. The number of nitrogens with two attached hydrogens (primary N) is 2. The number of imide groups is 2. The number of primary amides is 2. The molecule has 17 nitrogen and oxygen atoms in total. The van der Waals surface area contributed by atoms with Crippen molar-refractivity contribution in [3.63, 3.8) is 0 Å². The molecular weight excluding hydrogens is 713 g/mol. The quantitative estimate of drug-likeness (QED) is 0.195. The third kappa shape index (κ3) is 6.81. The van der Waals surface area contributed by atoms with Crippen LogP contribution >= 0.6 is 0 Å². The van der Waals surface area contributed by atoms with Crippen LogP contribution in [0.15, 0.2) is 94.7 Å². The number of hydroxylamine groups is 4. The number of rotatable bonds is 12. The number of nitrogens with zero attached hydrogens (tertiary/aromatic N) is 2. The summed E-state index contributed by atoms with van der Waals surface area (Å²) < 4.78 is 66.8. The first kappa shape index (κ1) is 34.6. The van der Waals surface area contributed by atoms with Gasteiger partial charge in [-0.15, -0.1) is 18.7 Å². The minimum atomic E-state index is -4.67. The highest BCUT2D eigenvalue weighted by Gasteiger charge is 2.42. The first-order chi connectivity index (χ1) is 24.0. The van der Waals surface area contributed by atoms with Crippen LogP contribution in [0.1, 0.15) is 52.6 Å². The highest BCUT2D eigenvalue weighted by atomic mass is 32.2. The van der Waals surface area contributed by atoms with Gasteiger partial charge in [0.2, 0.25) is 11.8 Å². The van der Waals surface area contributed by atoms with Crippen LogP contribution in [0.2, 0.25) is 0 Å². The van der Waals surface area contributed by atoms with E-state index in [9.17, 15) is 45.6 Å². The Morgan fingerprint density at radius 1 is 0.510 bits per heavy atom. The van der Waals surface area contributed by atoms with Crippen molar-refractivity contribution in [2.24, 2.45) is 11.5 Å². The molecule has 0 aromatic heterocycles. The summed E-state index contributed by atoms with van der Waals surface area (Å²) >= 11 is 0. The molecule has 0 aliphatic carbocycles. The number of hydrogen-bond acceptors (Lipinski definition) is 13. The number of hydrogen-bond donors (Lipinski definition) is 2. The Labute approximate surface area is 288 Å². The zero-order chi connectivity index (χ0) is 36.8. The van der Waals surface area contributed by atoms with Crippen molar-refractivity contribution in [2.45, 2.75) is 22.6 Å². The van der Waals surface area contributed by atoms with Gasteiger partial charge >= 0.3 is 20.2 Å². The molecule has 6 amide bonds. The first-order valence-corrected chi connectivity index (χ1v) is 17.2. The number of ether oxygens (including phenoxy) is 1. The third-order valence-electron chi connectivity index (χ3n) is 7.40. The zero-order valence-electron chi connectivity index (χ0n) is 25.7. The van der Waals surface area contributed by atoms with Gasteiger partial charge in [0.15, 0.2) is 0 Å². The van der Waals surface area contributed by atoms with E-state index in [1.807, 2.05) is 0 Å². The molecule has 2 aliphatic rings. The number of fused-ring (bicyclic) bond motifs is 2. The molecule has 0 saturated heterocycles. The SMILES string of the molecule is NC(=O)Cc1ccc(S(=O)(=O)ON2C(=O)c3ccc(Oc4ccc5c(c4)C(=O)N(OS(=O)(=O)c4ccc(CC(N)=O)cc4)C5=O)cc3C2=O)cc1. The highest BCUT2D eigenvalue weighted by molar-refractivity contribution is 7.87. The van der Waals surface area contributed by atoms with Crippen LogP contribution in [-0.4, -0.2) is 62.4 Å². The predicted molar refractivity (Wildman–Crippen MR) is 169 cm³/mol. The average molecular weight is 735 g/mol. The van der Waals surface area contributed by atoms with Crippen LogP contribution in [0.4, 0.5) is 0 Å². The van der Waals surface area contributed by atoms with E-state index in [0.29, 0.717) is 11.1 Å². The standard InChI is InChI=1S/C32H22N4O13S2/c33-27(37)13-17-1-7-21(8-2-17)50(43,44)48-35-29(39)23-11-5-19(15-25(23)31(35)41)47-20-6-12-24-26(16-20)32(42)36(30(24)40)49-51(45,46)22-9-3-18(4-10-22)14-28(34)38/h1-12,15-16H,13-14H2,(H2,33,37)(H2,34,38). The molecule has 4 N–H and O–H groups in total. The van der Waals surface area contributed by atoms with Crippen LogP contribution in [0, 0.1) is 0 Å². The molecule has 0 unspecified atom stereocenters. The normalized spacial score (nSPS) is 14.1. The molecule has 260 valence electrons. The lowest BCUT2D eigenvalue weighted by Crippen LogP contribution is -2.32. The molecular formula is C32H22N4O13S2. The van der Waals surface area contributed by atoms with Crippen LogP contribution in [-0.2, 0) is 51.2 Å². The van der Waals surface area contributed by atoms with Crippen molar-refractivity contribution in [2.75, 3.05) is 0 Å². The van der Waals surface area contributed by atoms with E-state index in [2.05, 4.69) is 0 Å². The van der Waals surface area contributed by atoms with E-state index in [4.69, 9.17) is 24.8 Å². The van der Waals surface area contributed by atoms with Gasteiger partial charge in [0.1, 0.15) is 11.5 Å². The maximum Gasteiger partial charge on any atom is 0.318 e. The smallest absolute Gasteiger partial charge is 0.318 e. The van der Waals surface area contributed by atoms with E-state index >= 15 is 0 Å². The fourth-order valence-corrected chi connectivity index (χ4v) is 6.80. The van der Waals surface area contributed by atoms with Gasteiger partial charge in [-0.3, -0.25) is 28.8 Å². The molecule has 0 spiro atoms. The molecule has 6 rings (SSSR count). The topological polar surface area (TPSA) is 257 Å². The fraction of sp³-hybridized carbons (Fsp3) is 0.0625. The minimum Gasteiger partial charge on any atom is -0.457 e. The lowest BCUT2D eigenvalue weighted by atomic mass is 10.1. The van der Waals surface area contributed by atoms with E-state index in [-0.39, 0.29) is 56.7 Å². The average Bonchev–Trinajstić information content (AvgIpc) is 3.43. The van der Waals surface area contributed by atoms with Gasteiger partial charge < -0.3 is 16.2 Å². The van der Waals surface area contributed by atoms with Crippen molar-refractivity contribution in [1.29, 1.82) is 0 Å². The van der Waals surface area contributed by atoms with Crippen LogP contribution < -0.4 is 16.2 Å². The Hall–Kier alpha value is -6.28. The van der Waals surface area contributed by atoms with Crippen molar-refractivity contribution < 1.29 is 58.9 Å². The lowest BCUT2D eigenvalue weighted by molar-refractivity contribution is -0.118. The Bertz CT molecular complexity index is 2240. The van der Waals surface area contributed by atoms with Crippen LogP contribution in [0.3, 0.4) is 0 Å². The molecule has 0 atom stereocenters. The van der Waals surface area contributed by atoms with Gasteiger partial charge in [0, 0.05) is 0 Å². The molecule has 51 heavy (non-hydrogen) atoms. The maximum atomic E-state index is 13.1. The van der Waals surface area contributed by atoms with Crippen LogP contribution in [0.25, 0.3) is 0 Å². The number of benzene rings is 4. The van der Waals surface area contributed by atoms with Gasteiger partial charge in [0.25, 0.3) is 23.6 Å². The van der Waals surface area contributed by atoms with E-state index in [1.165, 1.54) is 48.5 Å². The lowest BCUT2D eigenvalue weighted by Gasteiger charge is -2.13. The second-order valence-corrected chi connectivity index (χ2v) is 14.0. The largest absolute Gasteiger partial charge is 0.457 e. The van der Waals surface area contributed by atoms with Gasteiger partial charge in [-0.05, 0) is 71.8 Å². The molecule has 4 aromatic carbocycles. The van der Waals surface area contributed by atoms with Crippen molar-refractivity contribution in [3.05, 3.63) is 118 Å². The molecule has 0 fully saturated rings.